The van der Waals surface area contributed by atoms with Crippen LogP contribution in [0.2, 0.25) is 5.02 Å². The Bertz CT molecular complexity index is 1090. The van der Waals surface area contributed by atoms with Gasteiger partial charge in [-0.15, -0.1) is 0 Å². The topological polar surface area (TPSA) is 52.5 Å². The van der Waals surface area contributed by atoms with E-state index in [2.05, 4.69) is 16.7 Å². The van der Waals surface area contributed by atoms with Gasteiger partial charge in [-0.05, 0) is 67.4 Å². The number of halogens is 1. The number of rotatable bonds is 3. The Morgan fingerprint density at radius 1 is 1.04 bits per heavy atom. The third kappa shape index (κ3) is 3.40. The van der Waals surface area contributed by atoms with Crippen LogP contribution in [0, 0.1) is 36.5 Å². The predicted molar refractivity (Wildman–Crippen MR) is 105 cm³/mol. The zero-order valence-corrected chi connectivity index (χ0v) is 15.2. The second kappa shape index (κ2) is 7.31. The Balaban J connectivity index is 2.10. The molecule has 0 spiro atoms. The first kappa shape index (κ1) is 17.5. The molecule has 0 aliphatic rings. The SMILES string of the molecule is Cc1cc(/C=C(/C#N)c2cccc(C#N)c2)c(C)n1-c1cccc(Cl)c1. The second-order valence-corrected chi connectivity index (χ2v) is 6.44. The van der Waals surface area contributed by atoms with Crippen LogP contribution in [0.15, 0.2) is 54.6 Å². The molecule has 0 amide bonds. The average Bonchev–Trinajstić information content (AvgIpc) is 2.93. The highest BCUT2D eigenvalue weighted by Crippen LogP contribution is 2.26. The summed E-state index contributed by atoms with van der Waals surface area (Å²) >= 11 is 6.13. The van der Waals surface area contributed by atoms with E-state index in [0.29, 0.717) is 16.2 Å². The molecular weight excluding hydrogens is 342 g/mol. The van der Waals surface area contributed by atoms with E-state index in [9.17, 15) is 5.26 Å². The minimum absolute atomic E-state index is 0.522. The largest absolute Gasteiger partial charge is 0.318 e. The van der Waals surface area contributed by atoms with Crippen LogP contribution in [-0.2, 0) is 0 Å². The van der Waals surface area contributed by atoms with Crippen LogP contribution in [0.4, 0.5) is 0 Å². The van der Waals surface area contributed by atoms with Crippen molar-refractivity contribution in [3.8, 4) is 17.8 Å². The van der Waals surface area contributed by atoms with E-state index < -0.39 is 0 Å². The van der Waals surface area contributed by atoms with Crippen LogP contribution < -0.4 is 0 Å². The highest BCUT2D eigenvalue weighted by atomic mass is 35.5. The maximum absolute atomic E-state index is 9.60. The molecule has 0 atom stereocenters. The van der Waals surface area contributed by atoms with Crippen LogP contribution in [0.25, 0.3) is 17.3 Å². The fourth-order valence-corrected chi connectivity index (χ4v) is 3.22. The van der Waals surface area contributed by atoms with E-state index >= 15 is 0 Å². The summed E-state index contributed by atoms with van der Waals surface area (Å²) < 4.78 is 2.11. The minimum atomic E-state index is 0.522. The van der Waals surface area contributed by atoms with E-state index in [0.717, 1.165) is 28.2 Å². The van der Waals surface area contributed by atoms with Gasteiger partial charge in [0, 0.05) is 22.1 Å². The molecule has 0 radical (unpaired) electrons. The molecule has 126 valence electrons. The number of nitriles is 2. The van der Waals surface area contributed by atoms with Gasteiger partial charge in [0.05, 0.1) is 23.3 Å². The lowest BCUT2D eigenvalue weighted by Gasteiger charge is -2.10. The van der Waals surface area contributed by atoms with Gasteiger partial charge in [-0.25, -0.2) is 0 Å². The van der Waals surface area contributed by atoms with Gasteiger partial charge in [-0.1, -0.05) is 29.8 Å². The number of hydrogen-bond donors (Lipinski definition) is 0. The summed E-state index contributed by atoms with van der Waals surface area (Å²) in [6.07, 6.45) is 1.86. The summed E-state index contributed by atoms with van der Waals surface area (Å²) in [5.74, 6) is 0. The average molecular weight is 358 g/mol. The molecule has 1 heterocycles. The van der Waals surface area contributed by atoms with Crippen molar-refractivity contribution in [2.75, 3.05) is 0 Å². The number of hydrogen-bond acceptors (Lipinski definition) is 2. The molecule has 3 aromatic rings. The Labute approximate surface area is 158 Å². The van der Waals surface area contributed by atoms with Gasteiger partial charge in [0.1, 0.15) is 0 Å². The van der Waals surface area contributed by atoms with Gasteiger partial charge in [-0.3, -0.25) is 0 Å². The van der Waals surface area contributed by atoms with Crippen LogP contribution in [0.3, 0.4) is 0 Å². The van der Waals surface area contributed by atoms with Crippen LogP contribution in [0.1, 0.15) is 28.1 Å². The summed E-state index contributed by atoms with van der Waals surface area (Å²) in [7, 11) is 0. The maximum Gasteiger partial charge on any atom is 0.0998 e. The molecule has 4 heteroatoms. The van der Waals surface area contributed by atoms with Crippen LogP contribution >= 0.6 is 11.6 Å². The lowest BCUT2D eigenvalue weighted by atomic mass is 10.0. The molecule has 0 aliphatic heterocycles. The Morgan fingerprint density at radius 3 is 2.50 bits per heavy atom. The van der Waals surface area contributed by atoms with Crippen molar-refractivity contribution in [2.45, 2.75) is 13.8 Å². The number of allylic oxidation sites excluding steroid dienone is 1. The molecular formula is C22H16ClN3. The van der Waals surface area contributed by atoms with Crippen LogP contribution in [-0.4, -0.2) is 4.57 Å². The highest BCUT2D eigenvalue weighted by Gasteiger charge is 2.11. The molecule has 0 N–H and O–H groups in total. The Hall–Kier alpha value is -3.27. The first-order valence-corrected chi connectivity index (χ1v) is 8.48. The van der Waals surface area contributed by atoms with Gasteiger partial charge in [0.2, 0.25) is 0 Å². The van der Waals surface area contributed by atoms with Crippen molar-refractivity contribution < 1.29 is 0 Å². The number of aromatic nitrogens is 1. The summed E-state index contributed by atoms with van der Waals surface area (Å²) in [6.45, 7) is 4.04. The van der Waals surface area contributed by atoms with E-state index in [4.69, 9.17) is 16.9 Å². The molecule has 0 aliphatic carbocycles. The van der Waals surface area contributed by atoms with E-state index in [1.165, 1.54) is 0 Å². The van der Waals surface area contributed by atoms with Crippen molar-refractivity contribution in [1.82, 2.24) is 4.57 Å². The number of benzene rings is 2. The molecule has 0 fully saturated rings. The lowest BCUT2D eigenvalue weighted by Crippen LogP contribution is -1.98. The number of aryl methyl sites for hydroxylation is 1. The molecule has 2 aromatic carbocycles. The van der Waals surface area contributed by atoms with E-state index in [-0.39, 0.29) is 0 Å². The Morgan fingerprint density at radius 2 is 1.81 bits per heavy atom. The van der Waals surface area contributed by atoms with Crippen molar-refractivity contribution in [1.29, 1.82) is 10.5 Å². The molecule has 0 bridgehead atoms. The normalized spacial score (nSPS) is 11.0. The standard InChI is InChI=1S/C22H16ClN3/c1-15-9-19(16(2)26(15)22-8-4-7-21(23)12-22)11-20(14-25)18-6-3-5-17(10-18)13-24/h3-12H,1-2H3/b20-11-. The third-order valence-corrected chi connectivity index (χ3v) is 4.49. The van der Waals surface area contributed by atoms with E-state index in [1.54, 1.807) is 18.2 Å². The third-order valence-electron chi connectivity index (χ3n) is 4.26. The van der Waals surface area contributed by atoms with Crippen molar-refractivity contribution in [3.05, 3.63) is 87.7 Å². The zero-order chi connectivity index (χ0) is 18.7. The molecule has 3 nitrogen and oxygen atoms in total. The monoisotopic (exact) mass is 357 g/mol. The van der Waals surface area contributed by atoms with E-state index in [1.807, 2.05) is 56.3 Å². The lowest BCUT2D eigenvalue weighted by molar-refractivity contribution is 0.965. The van der Waals surface area contributed by atoms with Crippen LogP contribution in [0.5, 0.6) is 0 Å². The second-order valence-electron chi connectivity index (χ2n) is 6.00. The summed E-state index contributed by atoms with van der Waals surface area (Å²) in [4.78, 5) is 0. The maximum atomic E-state index is 9.60. The fourth-order valence-electron chi connectivity index (χ4n) is 3.04. The Kier molecular flexibility index (Phi) is 4.94. The minimum Gasteiger partial charge on any atom is -0.318 e. The molecule has 3 rings (SSSR count). The summed E-state index contributed by atoms with van der Waals surface area (Å²) in [5.41, 5.74) is 5.81. The molecule has 1 aromatic heterocycles. The summed E-state index contributed by atoms with van der Waals surface area (Å²) in [5, 5.41) is 19.4. The highest BCUT2D eigenvalue weighted by molar-refractivity contribution is 6.30. The molecule has 0 saturated heterocycles. The first-order chi connectivity index (χ1) is 12.5. The summed E-state index contributed by atoms with van der Waals surface area (Å²) in [6, 6.07) is 21.1. The number of nitrogens with zero attached hydrogens (tertiary/aromatic N) is 3. The van der Waals surface area contributed by atoms with Crippen molar-refractivity contribution in [2.24, 2.45) is 0 Å². The zero-order valence-electron chi connectivity index (χ0n) is 14.5. The quantitative estimate of drug-likeness (QED) is 0.566. The van der Waals surface area contributed by atoms with Gasteiger partial charge in [-0.2, -0.15) is 10.5 Å². The van der Waals surface area contributed by atoms with Gasteiger partial charge < -0.3 is 4.57 Å². The smallest absolute Gasteiger partial charge is 0.0998 e. The van der Waals surface area contributed by atoms with Gasteiger partial charge >= 0.3 is 0 Å². The first-order valence-electron chi connectivity index (χ1n) is 8.10. The van der Waals surface area contributed by atoms with Gasteiger partial charge in [0.15, 0.2) is 0 Å². The predicted octanol–water partition coefficient (Wildman–Crippen LogP) is 5.68. The van der Waals surface area contributed by atoms with Crippen molar-refractivity contribution in [3.63, 3.8) is 0 Å². The molecule has 0 saturated carbocycles. The molecule has 26 heavy (non-hydrogen) atoms. The molecule has 0 unspecified atom stereocenters. The fraction of sp³-hybridized carbons (Fsp3) is 0.0909. The van der Waals surface area contributed by atoms with Gasteiger partial charge in [0.25, 0.3) is 0 Å². The van der Waals surface area contributed by atoms with Crippen molar-refractivity contribution >= 4 is 23.3 Å².